The van der Waals surface area contributed by atoms with Gasteiger partial charge in [0, 0.05) is 32.8 Å². The van der Waals surface area contributed by atoms with Gasteiger partial charge in [-0.05, 0) is 13.0 Å². The lowest BCUT2D eigenvalue weighted by Gasteiger charge is -2.08. The average molecular weight is 291 g/mol. The highest BCUT2D eigenvalue weighted by Gasteiger charge is 2.22. The fourth-order valence-corrected chi connectivity index (χ4v) is 1.88. The van der Waals surface area contributed by atoms with Gasteiger partial charge in [-0.1, -0.05) is 0 Å². The Kier molecular flexibility index (Phi) is 4.64. The van der Waals surface area contributed by atoms with E-state index < -0.39 is 4.92 Å². The minimum absolute atomic E-state index is 0.139. The number of rotatable bonds is 7. The zero-order valence-electron chi connectivity index (χ0n) is 11.9. The standard InChI is InChI=1S/C12H17N7O2/c1-3-13-11-10(19(20)21)12(16-8-15-11)14-6-4-9-5-7-18(2)17-9/h5,7-8H,3-4,6H2,1-2H3,(H2,13,14,15,16). The molecule has 2 N–H and O–H groups in total. The summed E-state index contributed by atoms with van der Waals surface area (Å²) < 4.78 is 1.71. The Balaban J connectivity index is 2.08. The van der Waals surface area contributed by atoms with E-state index >= 15 is 0 Å². The summed E-state index contributed by atoms with van der Waals surface area (Å²) in [5.74, 6) is 0.430. The highest BCUT2D eigenvalue weighted by Crippen LogP contribution is 2.28. The van der Waals surface area contributed by atoms with Crippen LogP contribution < -0.4 is 10.6 Å². The molecule has 0 radical (unpaired) electrons. The van der Waals surface area contributed by atoms with Gasteiger partial charge in [-0.15, -0.1) is 0 Å². The van der Waals surface area contributed by atoms with Crippen molar-refractivity contribution in [2.75, 3.05) is 23.7 Å². The number of hydrogen-bond donors (Lipinski definition) is 2. The Morgan fingerprint density at radius 2 is 2.05 bits per heavy atom. The number of nitrogens with zero attached hydrogens (tertiary/aromatic N) is 5. The van der Waals surface area contributed by atoms with Gasteiger partial charge in [0.05, 0.1) is 10.6 Å². The molecule has 0 amide bonds. The second kappa shape index (κ2) is 6.64. The van der Waals surface area contributed by atoms with E-state index in [2.05, 4.69) is 25.7 Å². The van der Waals surface area contributed by atoms with Crippen molar-refractivity contribution in [1.82, 2.24) is 19.7 Å². The molecule has 0 aliphatic carbocycles. The molecule has 0 saturated carbocycles. The van der Waals surface area contributed by atoms with Crippen molar-refractivity contribution in [3.05, 3.63) is 34.4 Å². The van der Waals surface area contributed by atoms with E-state index in [1.807, 2.05) is 26.2 Å². The lowest BCUT2D eigenvalue weighted by Crippen LogP contribution is -2.12. The molecule has 2 rings (SSSR count). The summed E-state index contributed by atoms with van der Waals surface area (Å²) >= 11 is 0. The smallest absolute Gasteiger partial charge is 0.353 e. The maximum atomic E-state index is 11.2. The SMILES string of the molecule is CCNc1ncnc(NCCc2ccn(C)n2)c1[N+](=O)[O-]. The summed E-state index contributed by atoms with van der Waals surface area (Å²) in [4.78, 5) is 18.5. The number of nitro groups is 1. The van der Waals surface area contributed by atoms with Crippen LogP contribution in [0.15, 0.2) is 18.6 Å². The molecule has 2 aromatic rings. The van der Waals surface area contributed by atoms with E-state index in [1.54, 1.807) is 4.68 Å². The number of aromatic nitrogens is 4. The van der Waals surface area contributed by atoms with Crippen LogP contribution in [-0.2, 0) is 13.5 Å². The van der Waals surface area contributed by atoms with Crippen LogP contribution in [0, 0.1) is 10.1 Å². The zero-order chi connectivity index (χ0) is 15.2. The van der Waals surface area contributed by atoms with E-state index in [1.165, 1.54) is 6.33 Å². The van der Waals surface area contributed by atoms with Gasteiger partial charge in [0.15, 0.2) is 0 Å². The molecule has 21 heavy (non-hydrogen) atoms. The van der Waals surface area contributed by atoms with Crippen LogP contribution in [0.3, 0.4) is 0 Å². The molecule has 9 nitrogen and oxygen atoms in total. The van der Waals surface area contributed by atoms with Gasteiger partial charge in [0.2, 0.25) is 11.6 Å². The Bertz CT molecular complexity index is 626. The largest absolute Gasteiger partial charge is 0.364 e. The minimum Gasteiger partial charge on any atom is -0.364 e. The van der Waals surface area contributed by atoms with E-state index in [0.717, 1.165) is 5.69 Å². The van der Waals surface area contributed by atoms with Crippen LogP contribution >= 0.6 is 0 Å². The third-order valence-electron chi connectivity index (χ3n) is 2.79. The maximum Gasteiger partial charge on any atom is 0.353 e. The monoisotopic (exact) mass is 291 g/mol. The summed E-state index contributed by atoms with van der Waals surface area (Å²) in [5.41, 5.74) is 0.772. The van der Waals surface area contributed by atoms with Gasteiger partial charge in [0.25, 0.3) is 0 Å². The Labute approximate surface area is 121 Å². The fourth-order valence-electron chi connectivity index (χ4n) is 1.88. The van der Waals surface area contributed by atoms with E-state index in [-0.39, 0.29) is 17.3 Å². The zero-order valence-corrected chi connectivity index (χ0v) is 11.9. The predicted octanol–water partition coefficient (Wildman–Crippen LogP) is 1.20. The van der Waals surface area contributed by atoms with Gasteiger partial charge in [0.1, 0.15) is 6.33 Å². The van der Waals surface area contributed by atoms with Crippen LogP contribution in [0.2, 0.25) is 0 Å². The Hall–Kier alpha value is -2.71. The van der Waals surface area contributed by atoms with Crippen molar-refractivity contribution >= 4 is 17.3 Å². The van der Waals surface area contributed by atoms with Crippen LogP contribution in [0.1, 0.15) is 12.6 Å². The maximum absolute atomic E-state index is 11.2. The second-order valence-corrected chi connectivity index (χ2v) is 4.36. The van der Waals surface area contributed by atoms with Crippen molar-refractivity contribution in [3.8, 4) is 0 Å². The predicted molar refractivity (Wildman–Crippen MR) is 78.3 cm³/mol. The molecule has 2 aromatic heterocycles. The molecule has 0 spiro atoms. The lowest BCUT2D eigenvalue weighted by atomic mass is 10.3. The van der Waals surface area contributed by atoms with Crippen LogP contribution in [0.4, 0.5) is 17.3 Å². The first kappa shape index (κ1) is 14.7. The van der Waals surface area contributed by atoms with Crippen LogP contribution in [0.5, 0.6) is 0 Å². The summed E-state index contributed by atoms with van der Waals surface area (Å²) in [5, 5.41) is 21.3. The molecule has 0 bridgehead atoms. The van der Waals surface area contributed by atoms with Crippen LogP contribution in [-0.4, -0.2) is 37.8 Å². The Morgan fingerprint density at radius 1 is 1.33 bits per heavy atom. The van der Waals surface area contributed by atoms with Gasteiger partial charge in [-0.25, -0.2) is 9.97 Å². The molecule has 0 atom stereocenters. The number of aryl methyl sites for hydroxylation is 1. The number of nitrogens with one attached hydrogen (secondary N) is 2. The molecule has 0 aliphatic rings. The van der Waals surface area contributed by atoms with Crippen molar-refractivity contribution in [2.45, 2.75) is 13.3 Å². The molecular formula is C12H17N7O2. The fraction of sp³-hybridized carbons (Fsp3) is 0.417. The van der Waals surface area contributed by atoms with Crippen molar-refractivity contribution in [2.24, 2.45) is 7.05 Å². The molecule has 0 unspecified atom stereocenters. The number of anilines is 2. The first-order valence-corrected chi connectivity index (χ1v) is 6.57. The van der Waals surface area contributed by atoms with Crippen LogP contribution in [0.25, 0.3) is 0 Å². The first-order chi connectivity index (χ1) is 10.1. The molecule has 9 heteroatoms. The molecular weight excluding hydrogens is 274 g/mol. The molecule has 0 aliphatic heterocycles. The van der Waals surface area contributed by atoms with Crippen molar-refractivity contribution in [1.29, 1.82) is 0 Å². The minimum atomic E-state index is -0.485. The Morgan fingerprint density at radius 3 is 2.62 bits per heavy atom. The van der Waals surface area contributed by atoms with Gasteiger partial charge in [-0.2, -0.15) is 5.10 Å². The first-order valence-electron chi connectivity index (χ1n) is 6.57. The molecule has 0 saturated heterocycles. The molecule has 112 valence electrons. The van der Waals surface area contributed by atoms with Crippen molar-refractivity contribution < 1.29 is 4.92 Å². The molecule has 2 heterocycles. The topological polar surface area (TPSA) is 111 Å². The second-order valence-electron chi connectivity index (χ2n) is 4.36. The normalized spacial score (nSPS) is 10.4. The molecule has 0 fully saturated rings. The highest BCUT2D eigenvalue weighted by molar-refractivity contribution is 5.69. The highest BCUT2D eigenvalue weighted by atomic mass is 16.6. The summed E-state index contributed by atoms with van der Waals surface area (Å²) in [6, 6.07) is 1.90. The quantitative estimate of drug-likeness (QED) is 0.582. The summed E-state index contributed by atoms with van der Waals surface area (Å²) in [7, 11) is 1.84. The molecule has 0 aromatic carbocycles. The van der Waals surface area contributed by atoms with Crippen molar-refractivity contribution in [3.63, 3.8) is 0 Å². The van der Waals surface area contributed by atoms with Gasteiger partial charge in [-0.3, -0.25) is 14.8 Å². The third-order valence-corrected chi connectivity index (χ3v) is 2.79. The van der Waals surface area contributed by atoms with Gasteiger partial charge >= 0.3 is 5.69 Å². The summed E-state index contributed by atoms with van der Waals surface area (Å²) in [6.07, 6.45) is 3.80. The van der Waals surface area contributed by atoms with E-state index in [0.29, 0.717) is 19.5 Å². The lowest BCUT2D eigenvalue weighted by molar-refractivity contribution is -0.383. The van der Waals surface area contributed by atoms with E-state index in [4.69, 9.17) is 0 Å². The van der Waals surface area contributed by atoms with E-state index in [9.17, 15) is 10.1 Å². The summed E-state index contributed by atoms with van der Waals surface area (Å²) in [6.45, 7) is 2.89. The van der Waals surface area contributed by atoms with Gasteiger partial charge < -0.3 is 10.6 Å². The number of hydrogen-bond acceptors (Lipinski definition) is 7. The third kappa shape index (κ3) is 3.65. The average Bonchev–Trinajstić information content (AvgIpc) is 2.85.